The van der Waals surface area contributed by atoms with Crippen molar-refractivity contribution in [3.63, 3.8) is 0 Å². The van der Waals surface area contributed by atoms with Crippen molar-refractivity contribution in [1.82, 2.24) is 10.6 Å². The number of amides is 2. The highest BCUT2D eigenvalue weighted by atomic mass is 16.3. The molecule has 0 heterocycles. The van der Waals surface area contributed by atoms with Gasteiger partial charge in [0.2, 0.25) is 0 Å². The van der Waals surface area contributed by atoms with E-state index >= 15 is 0 Å². The molecule has 0 unspecified atom stereocenters. The van der Waals surface area contributed by atoms with Crippen molar-refractivity contribution < 1.29 is 20.1 Å². The molecule has 0 saturated carbocycles. The number of aliphatic hydroxyl groups is 3. The summed E-state index contributed by atoms with van der Waals surface area (Å²) in [6.45, 7) is -1.13. The highest BCUT2D eigenvalue weighted by Gasteiger charge is 2.28. The summed E-state index contributed by atoms with van der Waals surface area (Å²) in [4.78, 5) is 10.7. The normalized spacial score (nSPS) is 11.1. The van der Waals surface area contributed by atoms with Gasteiger partial charge in [0.15, 0.2) is 0 Å². The molecule has 0 aromatic carbocycles. The molecule has 0 aliphatic heterocycles. The van der Waals surface area contributed by atoms with Crippen LogP contribution in [0.3, 0.4) is 0 Å². The van der Waals surface area contributed by atoms with Gasteiger partial charge in [0.05, 0.1) is 25.2 Å². The third kappa shape index (κ3) is 3.58. The summed E-state index contributed by atoms with van der Waals surface area (Å²) in [5.74, 6) is 0. The number of carbonyl (C=O) groups excluding carboxylic acids is 1. The van der Waals surface area contributed by atoms with Crippen LogP contribution in [0.25, 0.3) is 0 Å². The highest BCUT2D eigenvalue weighted by Crippen LogP contribution is 2.12. The van der Waals surface area contributed by atoms with E-state index in [4.69, 9.17) is 15.3 Å². The standard InChI is InChI=1S/C7H16N2O4/c1-8-6(13)9-2-7(3-10,4-11)5-12/h10-12H,2-5H2,1H3,(H2,8,9,13). The summed E-state index contributed by atoms with van der Waals surface area (Å²) >= 11 is 0. The minimum Gasteiger partial charge on any atom is -0.396 e. The van der Waals surface area contributed by atoms with Crippen molar-refractivity contribution in [3.8, 4) is 0 Å². The second-order valence-electron chi connectivity index (χ2n) is 2.91. The maximum atomic E-state index is 10.7. The van der Waals surface area contributed by atoms with Crippen LogP contribution in [0.4, 0.5) is 4.79 Å². The summed E-state index contributed by atoms with van der Waals surface area (Å²) in [6.07, 6.45) is 0. The molecule has 0 spiro atoms. The lowest BCUT2D eigenvalue weighted by atomic mass is 9.91. The zero-order valence-electron chi connectivity index (χ0n) is 7.58. The van der Waals surface area contributed by atoms with Gasteiger partial charge in [0, 0.05) is 13.6 Å². The molecule has 0 bridgehead atoms. The molecular weight excluding hydrogens is 176 g/mol. The van der Waals surface area contributed by atoms with Crippen molar-refractivity contribution >= 4 is 6.03 Å². The second-order valence-corrected chi connectivity index (χ2v) is 2.91. The quantitative estimate of drug-likeness (QED) is 0.343. The van der Waals surface area contributed by atoms with E-state index in [0.29, 0.717) is 0 Å². The molecule has 0 aromatic heterocycles. The minimum atomic E-state index is -1.05. The number of nitrogens with one attached hydrogen (secondary N) is 2. The molecule has 6 heteroatoms. The van der Waals surface area contributed by atoms with E-state index < -0.39 is 11.4 Å². The molecule has 0 aliphatic rings. The lowest BCUT2D eigenvalue weighted by molar-refractivity contribution is 0.00843. The Morgan fingerprint density at radius 2 is 1.69 bits per heavy atom. The Morgan fingerprint density at radius 1 is 1.23 bits per heavy atom. The first-order chi connectivity index (χ1) is 6.14. The smallest absolute Gasteiger partial charge is 0.314 e. The van der Waals surface area contributed by atoms with Gasteiger partial charge >= 0.3 is 6.03 Å². The van der Waals surface area contributed by atoms with Crippen LogP contribution in [0.15, 0.2) is 0 Å². The molecule has 0 atom stereocenters. The molecule has 0 aromatic rings. The third-order valence-electron chi connectivity index (χ3n) is 1.86. The van der Waals surface area contributed by atoms with E-state index in [1.807, 2.05) is 0 Å². The number of rotatable bonds is 5. The van der Waals surface area contributed by atoms with E-state index in [-0.39, 0.29) is 26.4 Å². The molecule has 0 rings (SSSR count). The average Bonchev–Trinajstić information content (AvgIpc) is 2.20. The van der Waals surface area contributed by atoms with Crippen LogP contribution < -0.4 is 10.6 Å². The van der Waals surface area contributed by atoms with Crippen molar-refractivity contribution in [2.24, 2.45) is 5.41 Å². The molecule has 0 fully saturated rings. The van der Waals surface area contributed by atoms with E-state index in [1.54, 1.807) is 0 Å². The molecule has 0 saturated heterocycles. The van der Waals surface area contributed by atoms with Crippen molar-refractivity contribution in [2.45, 2.75) is 0 Å². The van der Waals surface area contributed by atoms with Crippen LogP contribution in [-0.4, -0.2) is 54.8 Å². The summed E-state index contributed by atoms with van der Waals surface area (Å²) in [5, 5.41) is 31.3. The van der Waals surface area contributed by atoms with Crippen LogP contribution in [0.1, 0.15) is 0 Å². The molecule has 78 valence electrons. The zero-order chi connectivity index (χ0) is 10.3. The first kappa shape index (κ1) is 12.2. The molecule has 6 nitrogen and oxygen atoms in total. The first-order valence-electron chi connectivity index (χ1n) is 3.92. The van der Waals surface area contributed by atoms with E-state index in [0.717, 1.165) is 0 Å². The van der Waals surface area contributed by atoms with E-state index in [1.165, 1.54) is 7.05 Å². The first-order valence-corrected chi connectivity index (χ1v) is 3.92. The predicted molar refractivity (Wildman–Crippen MR) is 46.1 cm³/mol. The molecule has 0 aliphatic carbocycles. The van der Waals surface area contributed by atoms with Crippen LogP contribution in [0.5, 0.6) is 0 Å². The lowest BCUT2D eigenvalue weighted by Crippen LogP contribution is -2.47. The van der Waals surface area contributed by atoms with Gasteiger partial charge in [0.25, 0.3) is 0 Å². The number of aliphatic hydroxyl groups excluding tert-OH is 3. The maximum absolute atomic E-state index is 10.7. The minimum absolute atomic E-state index is 0.0240. The Bertz CT molecular complexity index is 150. The molecule has 13 heavy (non-hydrogen) atoms. The topological polar surface area (TPSA) is 102 Å². The van der Waals surface area contributed by atoms with Crippen LogP contribution in [-0.2, 0) is 0 Å². The molecule has 0 radical (unpaired) electrons. The SMILES string of the molecule is CNC(=O)NCC(CO)(CO)CO. The van der Waals surface area contributed by atoms with Crippen molar-refractivity contribution in [3.05, 3.63) is 0 Å². The maximum Gasteiger partial charge on any atom is 0.314 e. The number of hydrogen-bond donors (Lipinski definition) is 5. The summed E-state index contributed by atoms with van der Waals surface area (Å²) in [5.41, 5.74) is -1.05. The third-order valence-corrected chi connectivity index (χ3v) is 1.86. The second kappa shape index (κ2) is 5.74. The number of urea groups is 1. The fourth-order valence-corrected chi connectivity index (χ4v) is 0.674. The molecule has 2 amide bonds. The monoisotopic (exact) mass is 192 g/mol. The Balaban J connectivity index is 4.02. The van der Waals surface area contributed by atoms with Crippen LogP contribution in [0.2, 0.25) is 0 Å². The van der Waals surface area contributed by atoms with Crippen LogP contribution in [0, 0.1) is 5.41 Å². The van der Waals surface area contributed by atoms with Gasteiger partial charge in [-0.05, 0) is 0 Å². The zero-order valence-corrected chi connectivity index (χ0v) is 7.58. The van der Waals surface area contributed by atoms with Crippen LogP contribution >= 0.6 is 0 Å². The number of carbonyl (C=O) groups is 1. The van der Waals surface area contributed by atoms with Gasteiger partial charge in [-0.1, -0.05) is 0 Å². The van der Waals surface area contributed by atoms with Gasteiger partial charge in [-0.25, -0.2) is 4.79 Å². The Hall–Kier alpha value is -0.850. The van der Waals surface area contributed by atoms with Gasteiger partial charge in [-0.3, -0.25) is 0 Å². The predicted octanol–water partition coefficient (Wildman–Crippen LogP) is -2.12. The lowest BCUT2D eigenvalue weighted by Gasteiger charge is -2.27. The van der Waals surface area contributed by atoms with Crippen molar-refractivity contribution in [1.29, 1.82) is 0 Å². The fraction of sp³-hybridized carbons (Fsp3) is 0.857. The summed E-state index contributed by atoms with van der Waals surface area (Å²) in [7, 11) is 1.45. The Labute approximate surface area is 76.6 Å². The molecular formula is C7H16N2O4. The van der Waals surface area contributed by atoms with Gasteiger partial charge in [0.1, 0.15) is 0 Å². The average molecular weight is 192 g/mol. The largest absolute Gasteiger partial charge is 0.396 e. The Kier molecular flexibility index (Phi) is 5.36. The fourth-order valence-electron chi connectivity index (χ4n) is 0.674. The highest BCUT2D eigenvalue weighted by molar-refractivity contribution is 5.73. The Morgan fingerprint density at radius 3 is 2.00 bits per heavy atom. The van der Waals surface area contributed by atoms with E-state index in [9.17, 15) is 4.79 Å². The van der Waals surface area contributed by atoms with Gasteiger partial charge in [-0.15, -0.1) is 0 Å². The van der Waals surface area contributed by atoms with Crippen molar-refractivity contribution in [2.75, 3.05) is 33.4 Å². The summed E-state index contributed by atoms with van der Waals surface area (Å²) in [6, 6.07) is -0.417. The summed E-state index contributed by atoms with van der Waals surface area (Å²) < 4.78 is 0. The molecule has 5 N–H and O–H groups in total. The van der Waals surface area contributed by atoms with E-state index in [2.05, 4.69) is 10.6 Å². The van der Waals surface area contributed by atoms with Gasteiger partial charge < -0.3 is 26.0 Å². The number of hydrogen-bond acceptors (Lipinski definition) is 4. The van der Waals surface area contributed by atoms with Gasteiger partial charge in [-0.2, -0.15) is 0 Å².